The monoisotopic (exact) mass is 474 g/mol. The Morgan fingerprint density at radius 1 is 0.912 bits per heavy atom. The molecule has 0 saturated carbocycles. The van der Waals surface area contributed by atoms with Gasteiger partial charge in [0.15, 0.2) is 5.16 Å². The van der Waals surface area contributed by atoms with Crippen molar-refractivity contribution in [1.82, 2.24) is 9.55 Å². The first-order valence-corrected chi connectivity index (χ1v) is 11.5. The Hall–Kier alpha value is -3.95. The number of carbonyl (C=O) groups excluding carboxylic acids is 2. The number of hydrogen-bond donors (Lipinski definition) is 3. The van der Waals surface area contributed by atoms with Crippen molar-refractivity contribution < 1.29 is 14.7 Å². The molecule has 0 bridgehead atoms. The predicted octanol–water partition coefficient (Wildman–Crippen LogP) is 3.37. The van der Waals surface area contributed by atoms with Gasteiger partial charge in [-0.15, -0.1) is 0 Å². The molecule has 34 heavy (non-hydrogen) atoms. The number of nitrogens with zero attached hydrogens (tertiary/aromatic N) is 2. The maximum Gasteiger partial charge on any atom is 0.262 e. The summed E-state index contributed by atoms with van der Waals surface area (Å²) < 4.78 is 1.36. The smallest absolute Gasteiger partial charge is 0.262 e. The van der Waals surface area contributed by atoms with Crippen LogP contribution < -0.4 is 16.2 Å². The number of aromatic nitrogens is 2. The van der Waals surface area contributed by atoms with Gasteiger partial charge in [-0.1, -0.05) is 54.2 Å². The SMILES string of the molecule is O=C(CSc1nc2ccccc2c(=O)n1CCO)Nc1ccccc1C(=O)Nc1ccccc1. The highest BCUT2D eigenvalue weighted by Gasteiger charge is 2.16. The van der Waals surface area contributed by atoms with E-state index in [2.05, 4.69) is 15.6 Å². The Bertz CT molecular complexity index is 1390. The molecule has 3 N–H and O–H groups in total. The minimum Gasteiger partial charge on any atom is -0.395 e. The van der Waals surface area contributed by atoms with E-state index in [0.29, 0.717) is 33.0 Å². The molecule has 9 heteroatoms. The second-order valence-corrected chi connectivity index (χ2v) is 8.24. The molecule has 0 fully saturated rings. The molecule has 8 nitrogen and oxygen atoms in total. The van der Waals surface area contributed by atoms with Gasteiger partial charge < -0.3 is 15.7 Å². The number of aliphatic hydroxyl groups excluding tert-OH is 1. The number of aliphatic hydroxyl groups is 1. The zero-order valence-corrected chi connectivity index (χ0v) is 18.9. The molecular formula is C25H22N4O4S. The molecule has 0 atom stereocenters. The molecule has 0 spiro atoms. The van der Waals surface area contributed by atoms with E-state index >= 15 is 0 Å². The van der Waals surface area contributed by atoms with Crippen molar-refractivity contribution in [1.29, 1.82) is 0 Å². The van der Waals surface area contributed by atoms with E-state index in [1.807, 2.05) is 18.2 Å². The molecule has 1 heterocycles. The normalized spacial score (nSPS) is 10.7. The van der Waals surface area contributed by atoms with Crippen molar-refractivity contribution >= 4 is 45.9 Å². The number of hydrogen-bond acceptors (Lipinski definition) is 6. The fourth-order valence-electron chi connectivity index (χ4n) is 3.38. The summed E-state index contributed by atoms with van der Waals surface area (Å²) in [6, 6.07) is 22.7. The molecule has 4 aromatic rings. The number of nitrogens with one attached hydrogen (secondary N) is 2. The van der Waals surface area contributed by atoms with Gasteiger partial charge in [-0.25, -0.2) is 4.98 Å². The molecule has 1 aromatic heterocycles. The average molecular weight is 475 g/mol. The lowest BCUT2D eigenvalue weighted by molar-refractivity contribution is -0.113. The van der Waals surface area contributed by atoms with Gasteiger partial charge in [0.2, 0.25) is 5.91 Å². The summed E-state index contributed by atoms with van der Waals surface area (Å²) in [7, 11) is 0. The Morgan fingerprint density at radius 3 is 2.41 bits per heavy atom. The van der Waals surface area contributed by atoms with Crippen LogP contribution in [0.25, 0.3) is 10.9 Å². The van der Waals surface area contributed by atoms with Crippen molar-refractivity contribution in [3.05, 3.63) is 94.8 Å². The number of benzene rings is 3. The number of fused-ring (bicyclic) bond motifs is 1. The van der Waals surface area contributed by atoms with Crippen LogP contribution in [-0.4, -0.2) is 38.8 Å². The number of para-hydroxylation sites is 3. The summed E-state index contributed by atoms with van der Waals surface area (Å²) in [5, 5.41) is 15.7. The predicted molar refractivity (Wildman–Crippen MR) is 133 cm³/mol. The van der Waals surface area contributed by atoms with E-state index in [1.54, 1.807) is 60.7 Å². The van der Waals surface area contributed by atoms with E-state index in [4.69, 9.17) is 0 Å². The lowest BCUT2D eigenvalue weighted by Crippen LogP contribution is -2.25. The molecule has 0 saturated heterocycles. The van der Waals surface area contributed by atoms with Gasteiger partial charge in [-0.3, -0.25) is 19.0 Å². The fourth-order valence-corrected chi connectivity index (χ4v) is 4.21. The van der Waals surface area contributed by atoms with Crippen LogP contribution in [0.15, 0.2) is 88.8 Å². The topological polar surface area (TPSA) is 113 Å². The molecular weight excluding hydrogens is 452 g/mol. The zero-order valence-electron chi connectivity index (χ0n) is 18.1. The molecule has 3 aromatic carbocycles. The molecule has 172 valence electrons. The van der Waals surface area contributed by atoms with Gasteiger partial charge in [-0.05, 0) is 36.4 Å². The van der Waals surface area contributed by atoms with E-state index in [-0.39, 0.29) is 36.3 Å². The Kier molecular flexibility index (Phi) is 7.36. The zero-order chi connectivity index (χ0) is 23.9. The van der Waals surface area contributed by atoms with Crippen LogP contribution in [0.3, 0.4) is 0 Å². The number of anilines is 2. The van der Waals surface area contributed by atoms with Crippen LogP contribution in [0.4, 0.5) is 11.4 Å². The average Bonchev–Trinajstić information content (AvgIpc) is 2.85. The third-order valence-electron chi connectivity index (χ3n) is 4.96. The molecule has 2 amide bonds. The Labute approximate surface area is 199 Å². The number of rotatable bonds is 8. The van der Waals surface area contributed by atoms with Gasteiger partial charge in [0, 0.05) is 5.69 Å². The lowest BCUT2D eigenvalue weighted by Gasteiger charge is -2.13. The largest absolute Gasteiger partial charge is 0.395 e. The van der Waals surface area contributed by atoms with Gasteiger partial charge in [0.05, 0.1) is 41.1 Å². The third kappa shape index (κ3) is 5.33. The molecule has 0 aliphatic rings. The summed E-state index contributed by atoms with van der Waals surface area (Å²) in [5.41, 5.74) is 1.60. The van der Waals surface area contributed by atoms with Crippen molar-refractivity contribution in [3.8, 4) is 0 Å². The van der Waals surface area contributed by atoms with Crippen LogP contribution in [-0.2, 0) is 11.3 Å². The summed E-state index contributed by atoms with van der Waals surface area (Å²) >= 11 is 1.09. The number of amides is 2. The summed E-state index contributed by atoms with van der Waals surface area (Å²) in [5.74, 6) is -0.740. The maximum absolute atomic E-state index is 12.8. The summed E-state index contributed by atoms with van der Waals surface area (Å²) in [4.78, 5) is 42.7. The van der Waals surface area contributed by atoms with Gasteiger partial charge in [0.1, 0.15) is 0 Å². The van der Waals surface area contributed by atoms with Gasteiger partial charge >= 0.3 is 0 Å². The van der Waals surface area contributed by atoms with Crippen molar-refractivity contribution in [2.24, 2.45) is 0 Å². The Balaban J connectivity index is 1.49. The first-order valence-electron chi connectivity index (χ1n) is 10.6. The molecule has 0 aliphatic heterocycles. The third-order valence-corrected chi connectivity index (χ3v) is 5.94. The minimum absolute atomic E-state index is 0.0369. The van der Waals surface area contributed by atoms with E-state index in [9.17, 15) is 19.5 Å². The Morgan fingerprint density at radius 2 is 1.62 bits per heavy atom. The minimum atomic E-state index is -0.358. The quantitative estimate of drug-likeness (QED) is 0.267. The highest BCUT2D eigenvalue weighted by molar-refractivity contribution is 7.99. The van der Waals surface area contributed by atoms with E-state index in [1.165, 1.54) is 4.57 Å². The van der Waals surface area contributed by atoms with Crippen LogP contribution >= 0.6 is 11.8 Å². The number of thioether (sulfide) groups is 1. The molecule has 0 aliphatic carbocycles. The second-order valence-electron chi connectivity index (χ2n) is 7.29. The van der Waals surface area contributed by atoms with Crippen LogP contribution in [0.5, 0.6) is 0 Å². The maximum atomic E-state index is 12.8. The number of carbonyl (C=O) groups is 2. The van der Waals surface area contributed by atoms with Gasteiger partial charge in [-0.2, -0.15) is 0 Å². The summed E-state index contributed by atoms with van der Waals surface area (Å²) in [6.07, 6.45) is 0. The fraction of sp³-hybridized carbons (Fsp3) is 0.120. The standard InChI is InChI=1S/C25H22N4O4S/c30-15-14-29-24(33)19-11-5-7-13-21(19)28-25(29)34-16-22(31)27-20-12-6-4-10-18(20)23(32)26-17-8-2-1-3-9-17/h1-13,30H,14-16H2,(H,26,32)(H,27,31). The molecule has 0 unspecified atom stereocenters. The van der Waals surface area contributed by atoms with Crippen LogP contribution in [0.2, 0.25) is 0 Å². The van der Waals surface area contributed by atoms with Gasteiger partial charge in [0.25, 0.3) is 11.5 Å². The summed E-state index contributed by atoms with van der Waals surface area (Å²) in [6.45, 7) is -0.160. The van der Waals surface area contributed by atoms with Crippen LogP contribution in [0, 0.1) is 0 Å². The molecule has 4 rings (SSSR count). The van der Waals surface area contributed by atoms with Crippen LogP contribution in [0.1, 0.15) is 10.4 Å². The second kappa shape index (κ2) is 10.8. The highest BCUT2D eigenvalue weighted by Crippen LogP contribution is 2.21. The van der Waals surface area contributed by atoms with E-state index < -0.39 is 0 Å². The first-order chi connectivity index (χ1) is 16.6. The highest BCUT2D eigenvalue weighted by atomic mass is 32.2. The molecule has 0 radical (unpaired) electrons. The van der Waals surface area contributed by atoms with Crippen molar-refractivity contribution in [2.45, 2.75) is 11.7 Å². The lowest BCUT2D eigenvalue weighted by atomic mass is 10.1. The van der Waals surface area contributed by atoms with E-state index in [0.717, 1.165) is 11.8 Å². The van der Waals surface area contributed by atoms with Crippen molar-refractivity contribution in [3.63, 3.8) is 0 Å². The first kappa shape index (κ1) is 23.2. The van der Waals surface area contributed by atoms with Crippen molar-refractivity contribution in [2.75, 3.05) is 23.0 Å².